The third-order valence-electron chi connectivity index (χ3n) is 3.17. The molecule has 8 heteroatoms. The molecule has 3 aromatic rings. The maximum absolute atomic E-state index is 11.9. The summed E-state index contributed by atoms with van der Waals surface area (Å²) in [5, 5.41) is 16.6. The van der Waals surface area contributed by atoms with Crippen molar-refractivity contribution >= 4 is 29.0 Å². The maximum atomic E-state index is 11.9. The molecule has 0 aliphatic carbocycles. The van der Waals surface area contributed by atoms with Crippen molar-refractivity contribution in [3.8, 4) is 5.75 Å². The molecule has 2 aromatic heterocycles. The van der Waals surface area contributed by atoms with Crippen LogP contribution in [0.1, 0.15) is 11.3 Å². The average Bonchev–Trinajstić information content (AvgIpc) is 2.95. The summed E-state index contributed by atoms with van der Waals surface area (Å²) in [7, 11) is 0. The first kappa shape index (κ1) is 15.5. The van der Waals surface area contributed by atoms with Crippen LogP contribution in [0.5, 0.6) is 5.75 Å². The van der Waals surface area contributed by atoms with Crippen molar-refractivity contribution in [2.24, 2.45) is 4.99 Å². The summed E-state index contributed by atoms with van der Waals surface area (Å²) in [5.41, 5.74) is 0.0568. The van der Waals surface area contributed by atoms with Crippen LogP contribution in [0.25, 0.3) is 11.0 Å². The highest BCUT2D eigenvalue weighted by atomic mass is 16.5. The summed E-state index contributed by atoms with van der Waals surface area (Å²) in [6.07, 6.45) is 1.11. The summed E-state index contributed by atoms with van der Waals surface area (Å²) in [6.45, 7) is 1.46. The Kier molecular flexibility index (Phi) is 4.11. The highest BCUT2D eigenvalue weighted by Crippen LogP contribution is 2.24. The zero-order valence-corrected chi connectivity index (χ0v) is 12.6. The zero-order chi connectivity index (χ0) is 17.1. The Morgan fingerprint density at radius 1 is 1.42 bits per heavy atom. The molecule has 0 saturated carbocycles. The Hall–Kier alpha value is -3.42. The molecule has 2 heterocycles. The SMILES string of the molecule is Cc1cc(NC(=O)CN=Cc2c(O)c3ccccc3oc2=O)on1. The number of fused-ring (bicyclic) bond motifs is 1. The van der Waals surface area contributed by atoms with E-state index in [0.29, 0.717) is 11.1 Å². The predicted molar refractivity (Wildman–Crippen MR) is 86.5 cm³/mol. The molecule has 0 aliphatic rings. The van der Waals surface area contributed by atoms with Gasteiger partial charge in [0.1, 0.15) is 23.4 Å². The Balaban J connectivity index is 1.76. The molecule has 0 aliphatic heterocycles. The van der Waals surface area contributed by atoms with Gasteiger partial charge in [-0.1, -0.05) is 17.3 Å². The van der Waals surface area contributed by atoms with E-state index in [-0.39, 0.29) is 29.3 Å². The fourth-order valence-corrected chi connectivity index (χ4v) is 2.08. The smallest absolute Gasteiger partial charge is 0.348 e. The number of hydrogen-bond acceptors (Lipinski definition) is 7. The highest BCUT2D eigenvalue weighted by Gasteiger charge is 2.12. The molecule has 1 amide bonds. The van der Waals surface area contributed by atoms with Crippen molar-refractivity contribution in [2.45, 2.75) is 6.92 Å². The number of rotatable bonds is 4. The van der Waals surface area contributed by atoms with Gasteiger partial charge in [0.2, 0.25) is 11.8 Å². The van der Waals surface area contributed by atoms with Crippen LogP contribution < -0.4 is 10.9 Å². The van der Waals surface area contributed by atoms with Crippen LogP contribution in [0, 0.1) is 6.92 Å². The van der Waals surface area contributed by atoms with Crippen LogP contribution in [0.15, 0.2) is 49.1 Å². The first-order valence-electron chi connectivity index (χ1n) is 7.02. The van der Waals surface area contributed by atoms with Crippen LogP contribution >= 0.6 is 0 Å². The van der Waals surface area contributed by atoms with Crippen molar-refractivity contribution in [1.82, 2.24) is 5.16 Å². The lowest BCUT2D eigenvalue weighted by atomic mass is 10.1. The molecule has 24 heavy (non-hydrogen) atoms. The number of hydrogen-bond donors (Lipinski definition) is 2. The second-order valence-corrected chi connectivity index (χ2v) is 5.00. The van der Waals surface area contributed by atoms with Crippen molar-refractivity contribution in [2.75, 3.05) is 11.9 Å². The van der Waals surface area contributed by atoms with Gasteiger partial charge in [0.15, 0.2) is 0 Å². The molecular weight excluding hydrogens is 314 g/mol. The second kappa shape index (κ2) is 6.37. The predicted octanol–water partition coefficient (Wildman–Crippen LogP) is 1.85. The molecule has 0 bridgehead atoms. The van der Waals surface area contributed by atoms with Gasteiger partial charge in [-0.2, -0.15) is 0 Å². The van der Waals surface area contributed by atoms with Gasteiger partial charge in [0, 0.05) is 12.3 Å². The molecule has 0 fully saturated rings. The lowest BCUT2D eigenvalue weighted by molar-refractivity contribution is -0.115. The number of nitrogens with zero attached hydrogens (tertiary/aromatic N) is 2. The summed E-state index contributed by atoms with van der Waals surface area (Å²) < 4.78 is 9.95. The fourth-order valence-electron chi connectivity index (χ4n) is 2.08. The summed E-state index contributed by atoms with van der Waals surface area (Å²) in [5.74, 6) is -0.482. The molecular formula is C16H13N3O5. The van der Waals surface area contributed by atoms with E-state index in [1.807, 2.05) is 0 Å². The first-order valence-corrected chi connectivity index (χ1v) is 7.02. The number of carbonyl (C=O) groups is 1. The van der Waals surface area contributed by atoms with Gasteiger partial charge < -0.3 is 14.0 Å². The largest absolute Gasteiger partial charge is 0.506 e. The van der Waals surface area contributed by atoms with E-state index in [9.17, 15) is 14.7 Å². The lowest BCUT2D eigenvalue weighted by Crippen LogP contribution is -2.15. The van der Waals surface area contributed by atoms with E-state index in [0.717, 1.165) is 6.21 Å². The van der Waals surface area contributed by atoms with E-state index >= 15 is 0 Å². The lowest BCUT2D eigenvalue weighted by Gasteiger charge is -2.02. The third-order valence-corrected chi connectivity index (χ3v) is 3.17. The molecule has 0 saturated heterocycles. The van der Waals surface area contributed by atoms with Crippen LogP contribution in [0.4, 0.5) is 5.88 Å². The first-order chi connectivity index (χ1) is 11.5. The topological polar surface area (TPSA) is 118 Å². The molecule has 2 N–H and O–H groups in total. The number of amides is 1. The maximum Gasteiger partial charge on any atom is 0.348 e. The number of anilines is 1. The number of aryl methyl sites for hydroxylation is 1. The fraction of sp³-hybridized carbons (Fsp3) is 0.125. The van der Waals surface area contributed by atoms with Gasteiger partial charge in [-0.3, -0.25) is 15.1 Å². The molecule has 1 aromatic carbocycles. The molecule has 8 nitrogen and oxygen atoms in total. The molecule has 122 valence electrons. The number of benzene rings is 1. The monoisotopic (exact) mass is 327 g/mol. The van der Waals surface area contributed by atoms with Crippen LogP contribution in [0.3, 0.4) is 0 Å². The number of aromatic hydroxyl groups is 1. The number of para-hydroxylation sites is 1. The second-order valence-electron chi connectivity index (χ2n) is 5.00. The highest BCUT2D eigenvalue weighted by molar-refractivity contribution is 5.95. The van der Waals surface area contributed by atoms with Crippen molar-refractivity contribution < 1.29 is 18.8 Å². The molecule has 0 atom stereocenters. The minimum Gasteiger partial charge on any atom is -0.506 e. The van der Waals surface area contributed by atoms with Gasteiger partial charge in [-0.25, -0.2) is 4.79 Å². The van der Waals surface area contributed by atoms with E-state index < -0.39 is 11.5 Å². The normalized spacial score (nSPS) is 11.2. The molecule has 0 spiro atoms. The van der Waals surface area contributed by atoms with Crippen molar-refractivity contribution in [3.05, 3.63) is 52.0 Å². The average molecular weight is 327 g/mol. The standard InChI is InChI=1S/C16H13N3O5/c1-9-6-14(24-19-9)18-13(20)8-17-7-11-15(21)10-4-2-3-5-12(10)23-16(11)22/h2-7,21H,8H2,1H3,(H,18,20). The van der Waals surface area contributed by atoms with Gasteiger partial charge in [-0.15, -0.1) is 0 Å². The summed E-state index contributed by atoms with van der Waals surface area (Å²) >= 11 is 0. The van der Waals surface area contributed by atoms with E-state index in [1.165, 1.54) is 0 Å². The van der Waals surface area contributed by atoms with Crippen LogP contribution in [0.2, 0.25) is 0 Å². The zero-order valence-electron chi connectivity index (χ0n) is 12.6. The molecule has 0 radical (unpaired) electrons. The number of aromatic nitrogens is 1. The Morgan fingerprint density at radius 2 is 2.21 bits per heavy atom. The minimum atomic E-state index is -0.735. The summed E-state index contributed by atoms with van der Waals surface area (Å²) in [4.78, 5) is 27.5. The van der Waals surface area contributed by atoms with E-state index in [1.54, 1.807) is 37.3 Å². The Labute approximate surface area is 135 Å². The van der Waals surface area contributed by atoms with Gasteiger partial charge in [-0.05, 0) is 19.1 Å². The molecule has 0 unspecified atom stereocenters. The molecule has 3 rings (SSSR count). The van der Waals surface area contributed by atoms with Crippen LogP contribution in [-0.4, -0.2) is 28.9 Å². The number of aliphatic imine (C=N–C) groups is 1. The van der Waals surface area contributed by atoms with Gasteiger partial charge in [0.25, 0.3) is 0 Å². The number of carbonyl (C=O) groups excluding carboxylic acids is 1. The Morgan fingerprint density at radius 3 is 2.96 bits per heavy atom. The van der Waals surface area contributed by atoms with E-state index in [2.05, 4.69) is 15.5 Å². The number of nitrogens with one attached hydrogen (secondary N) is 1. The van der Waals surface area contributed by atoms with Gasteiger partial charge >= 0.3 is 5.63 Å². The van der Waals surface area contributed by atoms with Gasteiger partial charge in [0.05, 0.1) is 11.1 Å². The van der Waals surface area contributed by atoms with Crippen molar-refractivity contribution in [3.63, 3.8) is 0 Å². The third kappa shape index (κ3) is 3.17. The van der Waals surface area contributed by atoms with Crippen molar-refractivity contribution in [1.29, 1.82) is 0 Å². The minimum absolute atomic E-state index is 0.114. The van der Waals surface area contributed by atoms with Crippen LogP contribution in [-0.2, 0) is 4.79 Å². The Bertz CT molecular complexity index is 987. The quantitative estimate of drug-likeness (QED) is 0.558. The van der Waals surface area contributed by atoms with E-state index in [4.69, 9.17) is 8.94 Å². The summed E-state index contributed by atoms with van der Waals surface area (Å²) in [6, 6.07) is 8.14.